The number of nitrogens with one attached hydrogen (secondary N) is 1. The Hall–Kier alpha value is -1.68. The van der Waals surface area contributed by atoms with E-state index in [9.17, 15) is 0 Å². The zero-order valence-electron chi connectivity index (χ0n) is 7.89. The smallest absolute Gasteiger partial charge is 0.149 e. The Kier molecular flexibility index (Phi) is 3.09. The summed E-state index contributed by atoms with van der Waals surface area (Å²) in [7, 11) is 0. The van der Waals surface area contributed by atoms with Crippen molar-refractivity contribution in [2.75, 3.05) is 5.32 Å². The monoisotopic (exact) mass is 220 g/mol. The van der Waals surface area contributed by atoms with Crippen LogP contribution in [-0.2, 0) is 6.54 Å². The highest BCUT2D eigenvalue weighted by Gasteiger charge is 1.96. The van der Waals surface area contributed by atoms with Gasteiger partial charge in [0.15, 0.2) is 0 Å². The van der Waals surface area contributed by atoms with Crippen molar-refractivity contribution in [1.82, 2.24) is 15.0 Å². The molecule has 4 nitrogen and oxygen atoms in total. The molecule has 76 valence electrons. The molecule has 1 N–H and O–H groups in total. The molecule has 2 rings (SSSR count). The highest BCUT2D eigenvalue weighted by atomic mass is 35.5. The van der Waals surface area contributed by atoms with Crippen molar-refractivity contribution < 1.29 is 0 Å². The number of halogens is 1. The van der Waals surface area contributed by atoms with Crippen LogP contribution < -0.4 is 5.32 Å². The van der Waals surface area contributed by atoms with E-state index in [-0.39, 0.29) is 0 Å². The van der Waals surface area contributed by atoms with Gasteiger partial charge in [-0.15, -0.1) is 0 Å². The fraction of sp³-hybridized carbons (Fsp3) is 0.100. The first-order valence-corrected chi connectivity index (χ1v) is 4.83. The number of hydrogen-bond acceptors (Lipinski definition) is 4. The summed E-state index contributed by atoms with van der Waals surface area (Å²) in [5.74, 6) is 0.666. The summed E-state index contributed by atoms with van der Waals surface area (Å²) in [6.07, 6.45) is 6.63. The minimum absolute atomic E-state index is 0.384. The van der Waals surface area contributed by atoms with Gasteiger partial charge in [-0.1, -0.05) is 11.6 Å². The van der Waals surface area contributed by atoms with Crippen LogP contribution in [0.5, 0.6) is 0 Å². The molecule has 0 aliphatic rings. The predicted octanol–water partition coefficient (Wildman–Crippen LogP) is 2.14. The lowest BCUT2D eigenvalue weighted by Gasteiger charge is -2.04. The van der Waals surface area contributed by atoms with Crippen molar-refractivity contribution in [3.8, 4) is 0 Å². The summed E-state index contributed by atoms with van der Waals surface area (Å²) in [6.45, 7) is 0.678. The largest absolute Gasteiger partial charge is 0.365 e. The molecule has 0 saturated heterocycles. The number of rotatable bonds is 3. The van der Waals surface area contributed by atoms with E-state index in [2.05, 4.69) is 20.3 Å². The summed E-state index contributed by atoms with van der Waals surface area (Å²) in [5.41, 5.74) is 1.13. The van der Waals surface area contributed by atoms with Gasteiger partial charge in [-0.3, -0.25) is 9.97 Å². The number of pyridine rings is 1. The molecule has 2 aromatic rings. The van der Waals surface area contributed by atoms with E-state index < -0.39 is 0 Å². The van der Waals surface area contributed by atoms with E-state index in [1.807, 2.05) is 12.1 Å². The summed E-state index contributed by atoms with van der Waals surface area (Å²) < 4.78 is 0. The SMILES string of the molecule is Clc1cncc(NCc2ccncc2)n1. The van der Waals surface area contributed by atoms with Crippen LogP contribution in [0.3, 0.4) is 0 Å². The third-order valence-electron chi connectivity index (χ3n) is 1.83. The molecule has 0 bridgehead atoms. The third-order valence-corrected chi connectivity index (χ3v) is 2.01. The van der Waals surface area contributed by atoms with Crippen molar-refractivity contribution >= 4 is 17.4 Å². The van der Waals surface area contributed by atoms with E-state index in [1.54, 1.807) is 18.6 Å². The molecule has 0 aliphatic heterocycles. The quantitative estimate of drug-likeness (QED) is 0.861. The van der Waals surface area contributed by atoms with E-state index in [0.29, 0.717) is 17.5 Å². The molecule has 0 radical (unpaired) electrons. The van der Waals surface area contributed by atoms with Crippen molar-refractivity contribution in [1.29, 1.82) is 0 Å². The van der Waals surface area contributed by atoms with Crippen LogP contribution in [0.15, 0.2) is 36.9 Å². The van der Waals surface area contributed by atoms with Crippen LogP contribution >= 0.6 is 11.6 Å². The number of nitrogens with zero attached hydrogens (tertiary/aromatic N) is 3. The fourth-order valence-corrected chi connectivity index (χ4v) is 1.27. The zero-order chi connectivity index (χ0) is 10.5. The van der Waals surface area contributed by atoms with Gasteiger partial charge >= 0.3 is 0 Å². The van der Waals surface area contributed by atoms with Gasteiger partial charge in [0.2, 0.25) is 0 Å². The first-order chi connectivity index (χ1) is 7.34. The molecule has 0 unspecified atom stereocenters. The number of anilines is 1. The number of aromatic nitrogens is 3. The van der Waals surface area contributed by atoms with Gasteiger partial charge in [0.25, 0.3) is 0 Å². The van der Waals surface area contributed by atoms with Crippen LogP contribution in [-0.4, -0.2) is 15.0 Å². The second-order valence-electron chi connectivity index (χ2n) is 2.94. The fourth-order valence-electron chi connectivity index (χ4n) is 1.12. The van der Waals surface area contributed by atoms with Gasteiger partial charge in [0, 0.05) is 18.9 Å². The minimum Gasteiger partial charge on any atom is -0.365 e. The Bertz CT molecular complexity index is 432. The normalized spacial score (nSPS) is 9.93. The van der Waals surface area contributed by atoms with E-state index in [4.69, 9.17) is 11.6 Å². The second-order valence-corrected chi connectivity index (χ2v) is 3.32. The Balaban J connectivity index is 1.99. The lowest BCUT2D eigenvalue weighted by molar-refractivity contribution is 1.08. The molecule has 0 aromatic carbocycles. The Morgan fingerprint density at radius 3 is 2.67 bits per heavy atom. The summed E-state index contributed by atoms with van der Waals surface area (Å²) in [4.78, 5) is 11.9. The maximum Gasteiger partial charge on any atom is 0.149 e. The van der Waals surface area contributed by atoms with Crippen LogP contribution in [0, 0.1) is 0 Å². The topological polar surface area (TPSA) is 50.7 Å². The van der Waals surface area contributed by atoms with Crippen molar-refractivity contribution in [3.63, 3.8) is 0 Å². The van der Waals surface area contributed by atoms with Gasteiger partial charge in [-0.05, 0) is 17.7 Å². The van der Waals surface area contributed by atoms with Crippen molar-refractivity contribution in [3.05, 3.63) is 47.6 Å². The minimum atomic E-state index is 0.384. The van der Waals surface area contributed by atoms with Crippen LogP contribution in [0.25, 0.3) is 0 Å². The average molecular weight is 221 g/mol. The zero-order valence-corrected chi connectivity index (χ0v) is 8.65. The van der Waals surface area contributed by atoms with Crippen LogP contribution in [0.1, 0.15) is 5.56 Å². The predicted molar refractivity (Wildman–Crippen MR) is 58.6 cm³/mol. The average Bonchev–Trinajstić information content (AvgIpc) is 2.28. The standard InChI is InChI=1S/C10H9ClN4/c11-9-6-13-7-10(15-9)14-5-8-1-3-12-4-2-8/h1-4,6-7H,5H2,(H,14,15). The van der Waals surface area contributed by atoms with Gasteiger partial charge in [-0.25, -0.2) is 4.98 Å². The van der Waals surface area contributed by atoms with Crippen molar-refractivity contribution in [2.45, 2.75) is 6.54 Å². The van der Waals surface area contributed by atoms with Gasteiger partial charge in [0.1, 0.15) is 11.0 Å². The van der Waals surface area contributed by atoms with E-state index in [1.165, 1.54) is 6.20 Å². The molecule has 0 fully saturated rings. The maximum absolute atomic E-state index is 5.70. The molecule has 0 atom stereocenters. The Morgan fingerprint density at radius 2 is 1.93 bits per heavy atom. The Labute approximate surface area is 92.4 Å². The second kappa shape index (κ2) is 4.70. The van der Waals surface area contributed by atoms with E-state index in [0.717, 1.165) is 5.56 Å². The molecule has 0 aliphatic carbocycles. The van der Waals surface area contributed by atoms with Crippen LogP contribution in [0.4, 0.5) is 5.82 Å². The molecule has 15 heavy (non-hydrogen) atoms. The lowest BCUT2D eigenvalue weighted by Crippen LogP contribution is -2.01. The highest BCUT2D eigenvalue weighted by molar-refractivity contribution is 6.29. The molecule has 0 amide bonds. The Morgan fingerprint density at radius 1 is 1.13 bits per heavy atom. The molecular formula is C10H9ClN4. The van der Waals surface area contributed by atoms with E-state index >= 15 is 0 Å². The lowest BCUT2D eigenvalue weighted by atomic mass is 10.3. The third kappa shape index (κ3) is 2.89. The molecule has 2 heterocycles. The summed E-state index contributed by atoms with van der Waals surface area (Å²) in [6, 6.07) is 3.87. The molecule has 2 aromatic heterocycles. The summed E-state index contributed by atoms with van der Waals surface area (Å²) in [5, 5.41) is 3.50. The maximum atomic E-state index is 5.70. The number of hydrogen-bond donors (Lipinski definition) is 1. The first kappa shape index (κ1) is 9.86. The summed E-state index contributed by atoms with van der Waals surface area (Å²) >= 11 is 5.70. The van der Waals surface area contributed by atoms with Crippen molar-refractivity contribution in [2.24, 2.45) is 0 Å². The highest BCUT2D eigenvalue weighted by Crippen LogP contribution is 2.08. The molecule has 5 heteroatoms. The van der Waals surface area contributed by atoms with Gasteiger partial charge < -0.3 is 5.32 Å². The molecular weight excluding hydrogens is 212 g/mol. The van der Waals surface area contributed by atoms with Gasteiger partial charge in [0.05, 0.1) is 12.4 Å². The first-order valence-electron chi connectivity index (χ1n) is 4.45. The van der Waals surface area contributed by atoms with Crippen LogP contribution in [0.2, 0.25) is 5.15 Å². The van der Waals surface area contributed by atoms with Gasteiger partial charge in [-0.2, -0.15) is 0 Å². The molecule has 0 spiro atoms. The molecule has 0 saturated carbocycles.